The smallest absolute Gasteiger partial charge is 0.179 e. The summed E-state index contributed by atoms with van der Waals surface area (Å²) in [5.41, 5.74) is 0. The minimum atomic E-state index is -1.21. The lowest BCUT2D eigenvalue weighted by atomic mass is 9.80. The van der Waals surface area contributed by atoms with Crippen LogP contribution in [0.5, 0.6) is 0 Å². The van der Waals surface area contributed by atoms with Gasteiger partial charge in [0.2, 0.25) is 0 Å². The first-order valence-corrected chi connectivity index (χ1v) is 3.86. The molecule has 58 valence electrons. The monoisotopic (exact) mass is 182 g/mol. The number of hydrogen-bond donors (Lipinski definition) is 1. The van der Waals surface area contributed by atoms with Crippen molar-refractivity contribution in [1.29, 1.82) is 0 Å². The van der Waals surface area contributed by atoms with Crippen molar-refractivity contribution >= 4 is 29.0 Å². The molecule has 0 aromatic rings. The summed E-state index contributed by atoms with van der Waals surface area (Å²) in [4.78, 5) is 10.7. The predicted octanol–water partition coefficient (Wildman–Crippen LogP) is 1.13. The van der Waals surface area contributed by atoms with Crippen molar-refractivity contribution < 1.29 is 9.90 Å². The molecule has 1 aliphatic carbocycles. The van der Waals surface area contributed by atoms with E-state index in [-0.39, 0.29) is 18.3 Å². The molecule has 10 heavy (non-hydrogen) atoms. The Bertz CT molecular complexity index is 156. The zero-order valence-corrected chi connectivity index (χ0v) is 6.82. The molecular formula is C6H8Cl2O2. The van der Waals surface area contributed by atoms with E-state index in [0.29, 0.717) is 12.8 Å². The first-order valence-electron chi connectivity index (χ1n) is 3.11. The van der Waals surface area contributed by atoms with E-state index in [2.05, 4.69) is 0 Å². The van der Waals surface area contributed by atoms with E-state index in [1.807, 2.05) is 0 Å². The van der Waals surface area contributed by atoms with Crippen molar-refractivity contribution in [2.24, 2.45) is 5.92 Å². The number of carbonyl (C=O) groups is 1. The number of ketones is 1. The van der Waals surface area contributed by atoms with Crippen LogP contribution in [0.3, 0.4) is 0 Å². The maximum absolute atomic E-state index is 10.7. The zero-order valence-electron chi connectivity index (χ0n) is 5.31. The third-order valence-electron chi connectivity index (χ3n) is 1.79. The number of rotatable bonds is 2. The summed E-state index contributed by atoms with van der Waals surface area (Å²) in [6.07, 6.45) is 0.923. The minimum Gasteiger partial charge on any atom is -0.396 e. The average molecular weight is 183 g/mol. The Balaban J connectivity index is 2.46. The predicted molar refractivity (Wildman–Crippen MR) is 39.3 cm³/mol. The highest BCUT2D eigenvalue weighted by atomic mass is 35.5. The summed E-state index contributed by atoms with van der Waals surface area (Å²) >= 11 is 11.2. The molecule has 0 heterocycles. The molecule has 4 heteroatoms. The van der Waals surface area contributed by atoms with Gasteiger partial charge in [-0.25, -0.2) is 0 Å². The number of Topliss-reactive ketones (excluding diaryl/α,β-unsaturated/α-hetero) is 1. The molecule has 1 N–H and O–H groups in total. The molecule has 1 fully saturated rings. The van der Waals surface area contributed by atoms with Crippen molar-refractivity contribution in [3.8, 4) is 0 Å². The summed E-state index contributed by atoms with van der Waals surface area (Å²) in [6, 6.07) is 0. The van der Waals surface area contributed by atoms with Gasteiger partial charge in [0.1, 0.15) is 0 Å². The fraction of sp³-hybridized carbons (Fsp3) is 0.833. The van der Waals surface area contributed by atoms with Gasteiger partial charge in [0, 0.05) is 18.9 Å². The summed E-state index contributed by atoms with van der Waals surface area (Å²) in [5.74, 6) is -0.178. The van der Waals surface area contributed by atoms with Gasteiger partial charge in [0.25, 0.3) is 0 Å². The van der Waals surface area contributed by atoms with E-state index in [9.17, 15) is 4.79 Å². The van der Waals surface area contributed by atoms with E-state index >= 15 is 0 Å². The van der Waals surface area contributed by atoms with Crippen LogP contribution in [0.2, 0.25) is 0 Å². The highest BCUT2D eigenvalue weighted by Gasteiger charge is 2.51. The van der Waals surface area contributed by atoms with Crippen LogP contribution in [0.1, 0.15) is 12.8 Å². The quantitative estimate of drug-likeness (QED) is 0.651. The molecule has 1 saturated carbocycles. The Morgan fingerprint density at radius 3 is 2.60 bits per heavy atom. The summed E-state index contributed by atoms with van der Waals surface area (Å²) < 4.78 is -1.21. The fourth-order valence-corrected chi connectivity index (χ4v) is 1.55. The van der Waals surface area contributed by atoms with Gasteiger partial charge in [-0.2, -0.15) is 0 Å². The Labute approximate surface area is 69.1 Å². The zero-order chi connectivity index (χ0) is 7.78. The maximum atomic E-state index is 10.7. The van der Waals surface area contributed by atoms with Gasteiger partial charge < -0.3 is 5.11 Å². The highest BCUT2D eigenvalue weighted by molar-refractivity contribution is 6.60. The SMILES string of the molecule is O=C1CC(CCO)C1(Cl)Cl. The Morgan fingerprint density at radius 1 is 1.70 bits per heavy atom. The summed E-state index contributed by atoms with van der Waals surface area (Å²) in [5, 5.41) is 8.49. The lowest BCUT2D eigenvalue weighted by Crippen LogP contribution is -2.47. The van der Waals surface area contributed by atoms with Crippen molar-refractivity contribution in [2.75, 3.05) is 6.61 Å². The molecule has 1 rings (SSSR count). The van der Waals surface area contributed by atoms with Crippen LogP contribution in [0.25, 0.3) is 0 Å². The molecule has 0 amide bonds. The molecule has 0 aromatic heterocycles. The van der Waals surface area contributed by atoms with Crippen molar-refractivity contribution in [3.05, 3.63) is 0 Å². The van der Waals surface area contributed by atoms with E-state index < -0.39 is 4.33 Å². The van der Waals surface area contributed by atoms with Gasteiger partial charge in [-0.05, 0) is 6.42 Å². The molecule has 0 saturated heterocycles. The molecule has 0 radical (unpaired) electrons. The lowest BCUT2D eigenvalue weighted by molar-refractivity contribution is -0.128. The van der Waals surface area contributed by atoms with Crippen LogP contribution >= 0.6 is 23.2 Å². The van der Waals surface area contributed by atoms with Crippen LogP contribution in [-0.4, -0.2) is 21.8 Å². The molecule has 0 spiro atoms. The normalized spacial score (nSPS) is 29.9. The van der Waals surface area contributed by atoms with Crippen molar-refractivity contribution in [2.45, 2.75) is 17.2 Å². The molecule has 2 nitrogen and oxygen atoms in total. The molecule has 0 aliphatic heterocycles. The Kier molecular flexibility index (Phi) is 2.23. The molecule has 1 unspecified atom stereocenters. The summed E-state index contributed by atoms with van der Waals surface area (Å²) in [6.45, 7) is 0.0408. The van der Waals surface area contributed by atoms with Gasteiger partial charge in [-0.15, -0.1) is 0 Å². The first-order chi connectivity index (χ1) is 4.59. The van der Waals surface area contributed by atoms with E-state index in [4.69, 9.17) is 28.3 Å². The van der Waals surface area contributed by atoms with Gasteiger partial charge in [-0.1, -0.05) is 23.2 Å². The second-order valence-corrected chi connectivity index (χ2v) is 3.85. The number of carbonyl (C=O) groups excluding carboxylic acids is 1. The standard InChI is InChI=1S/C6H8Cl2O2/c7-6(8)4(1-2-9)3-5(6)10/h4,9H,1-3H2. The van der Waals surface area contributed by atoms with E-state index in [0.717, 1.165) is 0 Å². The van der Waals surface area contributed by atoms with Gasteiger partial charge in [0.15, 0.2) is 10.1 Å². The second kappa shape index (κ2) is 2.68. The average Bonchev–Trinajstić information content (AvgIpc) is 1.88. The van der Waals surface area contributed by atoms with Crippen molar-refractivity contribution in [3.63, 3.8) is 0 Å². The van der Waals surface area contributed by atoms with E-state index in [1.165, 1.54) is 0 Å². The third-order valence-corrected chi connectivity index (χ3v) is 2.83. The molecule has 1 atom stereocenters. The lowest BCUT2D eigenvalue weighted by Gasteiger charge is -2.37. The van der Waals surface area contributed by atoms with Crippen LogP contribution in [0, 0.1) is 5.92 Å². The topological polar surface area (TPSA) is 37.3 Å². The summed E-state index contributed by atoms with van der Waals surface area (Å²) in [7, 11) is 0. The van der Waals surface area contributed by atoms with Gasteiger partial charge in [0.05, 0.1) is 0 Å². The van der Waals surface area contributed by atoms with Crippen LogP contribution in [0.4, 0.5) is 0 Å². The van der Waals surface area contributed by atoms with Crippen LogP contribution in [-0.2, 0) is 4.79 Å². The number of aliphatic hydroxyl groups is 1. The fourth-order valence-electron chi connectivity index (χ4n) is 1.02. The van der Waals surface area contributed by atoms with Crippen LogP contribution in [0.15, 0.2) is 0 Å². The van der Waals surface area contributed by atoms with E-state index in [1.54, 1.807) is 0 Å². The Morgan fingerprint density at radius 2 is 2.30 bits per heavy atom. The minimum absolute atomic E-state index is 0.0408. The van der Waals surface area contributed by atoms with Gasteiger partial charge in [-0.3, -0.25) is 4.79 Å². The molecular weight excluding hydrogens is 175 g/mol. The number of aliphatic hydroxyl groups excluding tert-OH is 1. The van der Waals surface area contributed by atoms with Crippen LogP contribution < -0.4 is 0 Å². The molecule has 0 aromatic carbocycles. The highest BCUT2D eigenvalue weighted by Crippen LogP contribution is 2.45. The number of alkyl halides is 2. The molecule has 1 aliphatic rings. The number of halogens is 2. The second-order valence-electron chi connectivity index (χ2n) is 2.46. The maximum Gasteiger partial charge on any atom is 0.179 e. The first kappa shape index (κ1) is 8.31. The Hall–Kier alpha value is 0.210. The largest absolute Gasteiger partial charge is 0.396 e. The van der Waals surface area contributed by atoms with Crippen molar-refractivity contribution in [1.82, 2.24) is 0 Å². The third kappa shape index (κ3) is 1.16. The number of hydrogen-bond acceptors (Lipinski definition) is 2. The molecule has 0 bridgehead atoms. The van der Waals surface area contributed by atoms with Gasteiger partial charge >= 0.3 is 0 Å².